The summed E-state index contributed by atoms with van der Waals surface area (Å²) in [4.78, 5) is 0. The fourth-order valence-corrected chi connectivity index (χ4v) is 2.50. The Kier molecular flexibility index (Phi) is 2.80. The fourth-order valence-electron chi connectivity index (χ4n) is 2.50. The van der Waals surface area contributed by atoms with Crippen molar-refractivity contribution in [1.29, 1.82) is 0 Å². The van der Waals surface area contributed by atoms with Crippen molar-refractivity contribution in [3.05, 3.63) is 47.3 Å². The number of aromatic nitrogens is 2. The molecule has 1 unspecified atom stereocenters. The summed E-state index contributed by atoms with van der Waals surface area (Å²) in [6.07, 6.45) is 5.83. The van der Waals surface area contributed by atoms with Crippen LogP contribution in [0.5, 0.6) is 5.75 Å². The van der Waals surface area contributed by atoms with Gasteiger partial charge in [-0.2, -0.15) is 5.10 Å². The van der Waals surface area contributed by atoms with Crippen LogP contribution in [-0.4, -0.2) is 9.78 Å². The summed E-state index contributed by atoms with van der Waals surface area (Å²) < 4.78 is 7.67. The van der Waals surface area contributed by atoms with Crippen LogP contribution in [0.2, 0.25) is 0 Å². The highest BCUT2D eigenvalue weighted by Gasteiger charge is 2.21. The van der Waals surface area contributed by atoms with Gasteiger partial charge in [0, 0.05) is 24.8 Å². The third-order valence-corrected chi connectivity index (χ3v) is 3.43. The number of aryl methyl sites for hydroxylation is 1. The standard InChI is InChI=1S/C14H17N3O/c1-17-8-10(7-16-17)9-18-14-4-2-3-11-12(14)5-6-13(11)15/h2-4,7-8,13H,5-6,9,15H2,1H3. The molecule has 1 aromatic carbocycles. The molecule has 0 aliphatic heterocycles. The van der Waals surface area contributed by atoms with Gasteiger partial charge in [-0.05, 0) is 30.0 Å². The van der Waals surface area contributed by atoms with E-state index in [4.69, 9.17) is 10.5 Å². The normalized spacial score (nSPS) is 17.8. The first-order chi connectivity index (χ1) is 8.74. The van der Waals surface area contributed by atoms with Gasteiger partial charge in [-0.25, -0.2) is 0 Å². The summed E-state index contributed by atoms with van der Waals surface area (Å²) in [6, 6.07) is 6.31. The quantitative estimate of drug-likeness (QED) is 0.896. The summed E-state index contributed by atoms with van der Waals surface area (Å²) >= 11 is 0. The van der Waals surface area contributed by atoms with Crippen molar-refractivity contribution in [2.75, 3.05) is 0 Å². The Morgan fingerprint density at radius 1 is 1.50 bits per heavy atom. The topological polar surface area (TPSA) is 53.1 Å². The third-order valence-electron chi connectivity index (χ3n) is 3.43. The Hall–Kier alpha value is -1.81. The molecule has 4 heteroatoms. The zero-order valence-electron chi connectivity index (χ0n) is 10.5. The lowest BCUT2D eigenvalue weighted by molar-refractivity contribution is 0.303. The number of benzene rings is 1. The second-order valence-corrected chi connectivity index (χ2v) is 4.78. The van der Waals surface area contributed by atoms with Crippen molar-refractivity contribution in [2.24, 2.45) is 12.8 Å². The van der Waals surface area contributed by atoms with E-state index in [0.717, 1.165) is 24.2 Å². The van der Waals surface area contributed by atoms with Gasteiger partial charge in [0.15, 0.2) is 0 Å². The molecular weight excluding hydrogens is 226 g/mol. The monoisotopic (exact) mass is 243 g/mol. The maximum absolute atomic E-state index is 6.06. The second-order valence-electron chi connectivity index (χ2n) is 4.78. The first kappa shape index (κ1) is 11.3. The van der Waals surface area contributed by atoms with E-state index in [9.17, 15) is 0 Å². The van der Waals surface area contributed by atoms with E-state index in [1.54, 1.807) is 4.68 Å². The van der Waals surface area contributed by atoms with Gasteiger partial charge in [0.1, 0.15) is 12.4 Å². The molecule has 2 aromatic rings. The van der Waals surface area contributed by atoms with Crippen molar-refractivity contribution in [3.8, 4) is 5.75 Å². The maximum Gasteiger partial charge on any atom is 0.123 e. The smallest absolute Gasteiger partial charge is 0.123 e. The second kappa shape index (κ2) is 4.46. The fraction of sp³-hybridized carbons (Fsp3) is 0.357. The van der Waals surface area contributed by atoms with Gasteiger partial charge in [-0.15, -0.1) is 0 Å². The van der Waals surface area contributed by atoms with Gasteiger partial charge >= 0.3 is 0 Å². The molecule has 2 N–H and O–H groups in total. The van der Waals surface area contributed by atoms with Crippen LogP contribution < -0.4 is 10.5 Å². The largest absolute Gasteiger partial charge is 0.488 e. The molecule has 1 aliphatic rings. The lowest BCUT2D eigenvalue weighted by Gasteiger charge is -2.10. The first-order valence-electron chi connectivity index (χ1n) is 6.22. The Morgan fingerprint density at radius 3 is 3.17 bits per heavy atom. The number of nitrogens with two attached hydrogens (primary N) is 1. The lowest BCUT2D eigenvalue weighted by Crippen LogP contribution is -2.05. The van der Waals surface area contributed by atoms with E-state index in [-0.39, 0.29) is 6.04 Å². The molecular formula is C14H17N3O. The van der Waals surface area contributed by atoms with Crippen LogP contribution in [0.4, 0.5) is 0 Å². The van der Waals surface area contributed by atoms with Crippen molar-refractivity contribution in [3.63, 3.8) is 0 Å². The van der Waals surface area contributed by atoms with E-state index < -0.39 is 0 Å². The first-order valence-corrected chi connectivity index (χ1v) is 6.22. The number of fused-ring (bicyclic) bond motifs is 1. The predicted octanol–water partition coefficient (Wildman–Crippen LogP) is 1.95. The molecule has 1 aromatic heterocycles. The average Bonchev–Trinajstić information content (AvgIpc) is 2.94. The highest BCUT2D eigenvalue weighted by Crippen LogP contribution is 2.35. The van der Waals surface area contributed by atoms with E-state index >= 15 is 0 Å². The van der Waals surface area contributed by atoms with Crippen LogP contribution in [0.25, 0.3) is 0 Å². The van der Waals surface area contributed by atoms with Gasteiger partial charge in [0.2, 0.25) is 0 Å². The summed E-state index contributed by atoms with van der Waals surface area (Å²) in [7, 11) is 1.91. The minimum absolute atomic E-state index is 0.168. The van der Waals surface area contributed by atoms with E-state index in [1.165, 1.54) is 11.1 Å². The third kappa shape index (κ3) is 1.99. The molecule has 0 saturated heterocycles. The Morgan fingerprint density at radius 2 is 2.39 bits per heavy atom. The predicted molar refractivity (Wildman–Crippen MR) is 69.2 cm³/mol. The molecule has 1 atom stereocenters. The molecule has 1 aliphatic carbocycles. The van der Waals surface area contributed by atoms with E-state index in [0.29, 0.717) is 6.61 Å². The number of rotatable bonds is 3. The molecule has 0 radical (unpaired) electrons. The summed E-state index contributed by atoms with van der Waals surface area (Å²) in [6.45, 7) is 0.555. The van der Waals surface area contributed by atoms with E-state index in [1.807, 2.05) is 31.6 Å². The molecule has 0 fully saturated rings. The van der Waals surface area contributed by atoms with Gasteiger partial charge in [-0.1, -0.05) is 12.1 Å². The highest BCUT2D eigenvalue weighted by atomic mass is 16.5. The number of hydrogen-bond acceptors (Lipinski definition) is 3. The summed E-state index contributed by atoms with van der Waals surface area (Å²) in [5.41, 5.74) is 9.64. The maximum atomic E-state index is 6.06. The van der Waals surface area contributed by atoms with Gasteiger partial charge in [0.05, 0.1) is 6.20 Å². The van der Waals surface area contributed by atoms with Gasteiger partial charge in [-0.3, -0.25) is 4.68 Å². The van der Waals surface area contributed by atoms with Crippen molar-refractivity contribution >= 4 is 0 Å². The molecule has 18 heavy (non-hydrogen) atoms. The Bertz CT molecular complexity index is 562. The van der Waals surface area contributed by atoms with Gasteiger partial charge in [0.25, 0.3) is 0 Å². The van der Waals surface area contributed by atoms with Crippen LogP contribution in [0.1, 0.15) is 29.2 Å². The van der Waals surface area contributed by atoms with Crippen molar-refractivity contribution in [1.82, 2.24) is 9.78 Å². The minimum Gasteiger partial charge on any atom is -0.488 e. The lowest BCUT2D eigenvalue weighted by atomic mass is 10.1. The number of hydrogen-bond donors (Lipinski definition) is 1. The molecule has 0 spiro atoms. The molecule has 1 heterocycles. The van der Waals surface area contributed by atoms with E-state index in [2.05, 4.69) is 11.2 Å². The molecule has 0 amide bonds. The zero-order chi connectivity index (χ0) is 12.5. The van der Waals surface area contributed by atoms with Gasteiger partial charge < -0.3 is 10.5 Å². The van der Waals surface area contributed by atoms with Crippen LogP contribution in [-0.2, 0) is 20.1 Å². The summed E-state index contributed by atoms with van der Waals surface area (Å²) in [5.74, 6) is 0.962. The molecule has 0 bridgehead atoms. The Labute approximate surface area is 106 Å². The summed E-state index contributed by atoms with van der Waals surface area (Å²) in [5, 5.41) is 4.13. The molecule has 94 valence electrons. The van der Waals surface area contributed by atoms with Crippen molar-refractivity contribution in [2.45, 2.75) is 25.5 Å². The van der Waals surface area contributed by atoms with Crippen LogP contribution in [0.15, 0.2) is 30.6 Å². The van der Waals surface area contributed by atoms with Crippen molar-refractivity contribution < 1.29 is 4.74 Å². The van der Waals surface area contributed by atoms with Crippen LogP contribution >= 0.6 is 0 Å². The zero-order valence-corrected chi connectivity index (χ0v) is 10.5. The number of ether oxygens (including phenoxy) is 1. The van der Waals surface area contributed by atoms with Crippen LogP contribution in [0.3, 0.4) is 0 Å². The Balaban J connectivity index is 1.78. The highest BCUT2D eigenvalue weighted by molar-refractivity contribution is 5.44. The van der Waals surface area contributed by atoms with Crippen LogP contribution in [0, 0.1) is 0 Å². The molecule has 3 rings (SSSR count). The number of nitrogens with zero attached hydrogens (tertiary/aromatic N) is 2. The average molecular weight is 243 g/mol. The minimum atomic E-state index is 0.168. The molecule has 4 nitrogen and oxygen atoms in total. The molecule has 0 saturated carbocycles. The SMILES string of the molecule is Cn1cc(COc2cccc3c2CCC3N)cn1.